The van der Waals surface area contributed by atoms with E-state index in [9.17, 15) is 4.79 Å². The van der Waals surface area contributed by atoms with Gasteiger partial charge in [0.1, 0.15) is 5.15 Å². The highest BCUT2D eigenvalue weighted by molar-refractivity contribution is 6.29. The van der Waals surface area contributed by atoms with Gasteiger partial charge in [-0.15, -0.1) is 0 Å². The molecule has 1 aromatic heterocycles. The van der Waals surface area contributed by atoms with E-state index in [0.29, 0.717) is 5.15 Å². The lowest BCUT2D eigenvalue weighted by atomic mass is 9.92. The van der Waals surface area contributed by atoms with Crippen molar-refractivity contribution < 1.29 is 4.79 Å². The molecular weight excluding hydrogens is 250 g/mol. The fourth-order valence-electron chi connectivity index (χ4n) is 2.91. The van der Waals surface area contributed by atoms with Gasteiger partial charge in [-0.25, -0.2) is 4.98 Å². The van der Waals surface area contributed by atoms with E-state index in [1.54, 1.807) is 18.3 Å². The van der Waals surface area contributed by atoms with Crippen LogP contribution in [-0.4, -0.2) is 24.0 Å². The molecule has 4 nitrogen and oxygen atoms in total. The number of hydrogen-bond acceptors (Lipinski definition) is 3. The van der Waals surface area contributed by atoms with Crippen LogP contribution in [0.3, 0.4) is 0 Å². The molecule has 2 fully saturated rings. The van der Waals surface area contributed by atoms with Crippen LogP contribution >= 0.6 is 11.6 Å². The number of anilines is 1. The van der Waals surface area contributed by atoms with E-state index in [-0.39, 0.29) is 17.2 Å². The summed E-state index contributed by atoms with van der Waals surface area (Å²) in [6.45, 7) is 2.07. The molecule has 1 amide bonds. The quantitative estimate of drug-likeness (QED) is 0.805. The molecule has 1 atom stereocenters. The number of rotatable bonds is 2. The Labute approximate surface area is 111 Å². The first kappa shape index (κ1) is 11.9. The van der Waals surface area contributed by atoms with Gasteiger partial charge in [0.2, 0.25) is 5.91 Å². The Kier molecular flexibility index (Phi) is 2.99. The van der Waals surface area contributed by atoms with Gasteiger partial charge in [-0.1, -0.05) is 11.6 Å². The molecule has 3 rings (SSSR count). The maximum atomic E-state index is 12.2. The van der Waals surface area contributed by atoms with Gasteiger partial charge in [0, 0.05) is 17.8 Å². The second kappa shape index (κ2) is 4.52. The van der Waals surface area contributed by atoms with Crippen molar-refractivity contribution in [3.8, 4) is 0 Å². The lowest BCUT2D eigenvalue weighted by Gasteiger charge is -2.23. The molecule has 2 heterocycles. The zero-order chi connectivity index (χ0) is 12.6. The van der Waals surface area contributed by atoms with Crippen LogP contribution in [0.5, 0.6) is 0 Å². The molecule has 1 saturated carbocycles. The third-order valence-corrected chi connectivity index (χ3v) is 4.31. The number of pyridine rings is 1. The normalized spacial score (nSPS) is 24.8. The number of nitrogens with one attached hydrogen (secondary N) is 2. The maximum Gasteiger partial charge on any atom is 0.228 e. The summed E-state index contributed by atoms with van der Waals surface area (Å²) >= 11 is 5.80. The predicted molar refractivity (Wildman–Crippen MR) is 70.5 cm³/mol. The standard InChI is InChI=1S/C13H16ClN3O/c14-11-7-9(1-4-16-11)17-12(18)10-8-13(10)2-5-15-6-3-13/h1,4,7,10,15H,2-3,5-6,8H2,(H,16,17,18). The first-order valence-electron chi connectivity index (χ1n) is 6.33. The largest absolute Gasteiger partial charge is 0.326 e. The molecule has 1 spiro atoms. The molecule has 1 aliphatic carbocycles. The van der Waals surface area contributed by atoms with E-state index in [1.165, 1.54) is 0 Å². The minimum atomic E-state index is 0.124. The summed E-state index contributed by atoms with van der Waals surface area (Å²) in [5.74, 6) is 0.297. The number of carbonyl (C=O) groups excluding carboxylic acids is 1. The zero-order valence-corrected chi connectivity index (χ0v) is 10.8. The third-order valence-electron chi connectivity index (χ3n) is 4.10. The molecular formula is C13H16ClN3O. The monoisotopic (exact) mass is 265 g/mol. The molecule has 1 unspecified atom stereocenters. The van der Waals surface area contributed by atoms with Gasteiger partial charge in [-0.2, -0.15) is 0 Å². The average Bonchev–Trinajstić information content (AvgIpc) is 3.04. The van der Waals surface area contributed by atoms with Gasteiger partial charge in [0.05, 0.1) is 0 Å². The SMILES string of the molecule is O=C(Nc1ccnc(Cl)c1)C1CC12CCNCC2. The van der Waals surface area contributed by atoms with Crippen molar-refractivity contribution in [3.63, 3.8) is 0 Å². The van der Waals surface area contributed by atoms with Crippen molar-refractivity contribution in [2.24, 2.45) is 11.3 Å². The van der Waals surface area contributed by atoms with Crippen LogP contribution in [0.15, 0.2) is 18.3 Å². The summed E-state index contributed by atoms with van der Waals surface area (Å²) < 4.78 is 0. The Morgan fingerprint density at radius 1 is 1.50 bits per heavy atom. The number of halogens is 1. The van der Waals surface area contributed by atoms with Crippen molar-refractivity contribution in [3.05, 3.63) is 23.5 Å². The Bertz CT molecular complexity index is 471. The van der Waals surface area contributed by atoms with E-state index in [1.807, 2.05) is 0 Å². The highest BCUT2D eigenvalue weighted by Gasteiger charge is 2.57. The summed E-state index contributed by atoms with van der Waals surface area (Å²) in [6, 6.07) is 3.44. The summed E-state index contributed by atoms with van der Waals surface area (Å²) in [5, 5.41) is 6.67. The lowest BCUT2D eigenvalue weighted by molar-refractivity contribution is -0.118. The number of piperidine rings is 1. The second-order valence-corrected chi connectivity index (χ2v) is 5.61. The number of carbonyl (C=O) groups is 1. The van der Waals surface area contributed by atoms with Gasteiger partial charge >= 0.3 is 0 Å². The van der Waals surface area contributed by atoms with Crippen molar-refractivity contribution in [1.29, 1.82) is 0 Å². The van der Waals surface area contributed by atoms with Crippen LogP contribution in [0.1, 0.15) is 19.3 Å². The average molecular weight is 266 g/mol. The first-order valence-corrected chi connectivity index (χ1v) is 6.71. The molecule has 1 saturated heterocycles. The smallest absolute Gasteiger partial charge is 0.228 e. The summed E-state index contributed by atoms with van der Waals surface area (Å²) in [5.41, 5.74) is 1.00. The number of amides is 1. The molecule has 18 heavy (non-hydrogen) atoms. The molecule has 1 aliphatic heterocycles. The molecule has 0 bridgehead atoms. The van der Waals surface area contributed by atoms with Crippen molar-refractivity contribution >= 4 is 23.2 Å². The zero-order valence-electron chi connectivity index (χ0n) is 10.1. The topological polar surface area (TPSA) is 54.0 Å². The fraction of sp³-hybridized carbons (Fsp3) is 0.538. The van der Waals surface area contributed by atoms with Crippen LogP contribution in [0.2, 0.25) is 5.15 Å². The lowest BCUT2D eigenvalue weighted by Crippen LogP contribution is -2.31. The molecule has 2 aliphatic rings. The Morgan fingerprint density at radius 2 is 2.28 bits per heavy atom. The van der Waals surface area contributed by atoms with Crippen LogP contribution in [-0.2, 0) is 4.79 Å². The summed E-state index contributed by atoms with van der Waals surface area (Å²) in [7, 11) is 0. The van der Waals surface area contributed by atoms with Crippen molar-refractivity contribution in [2.75, 3.05) is 18.4 Å². The predicted octanol–water partition coefficient (Wildman–Crippen LogP) is 2.06. The van der Waals surface area contributed by atoms with Gasteiger partial charge in [0.25, 0.3) is 0 Å². The van der Waals surface area contributed by atoms with Crippen molar-refractivity contribution in [1.82, 2.24) is 10.3 Å². The van der Waals surface area contributed by atoms with E-state index in [0.717, 1.165) is 38.0 Å². The Morgan fingerprint density at radius 3 is 3.00 bits per heavy atom. The molecule has 2 N–H and O–H groups in total. The molecule has 0 aromatic carbocycles. The van der Waals surface area contributed by atoms with E-state index in [4.69, 9.17) is 11.6 Å². The number of nitrogens with zero attached hydrogens (tertiary/aromatic N) is 1. The van der Waals surface area contributed by atoms with E-state index >= 15 is 0 Å². The van der Waals surface area contributed by atoms with E-state index < -0.39 is 0 Å². The number of hydrogen-bond donors (Lipinski definition) is 2. The third kappa shape index (κ3) is 2.22. The number of aromatic nitrogens is 1. The first-order chi connectivity index (χ1) is 8.70. The fourth-order valence-corrected chi connectivity index (χ4v) is 3.08. The van der Waals surface area contributed by atoms with Crippen LogP contribution in [0, 0.1) is 11.3 Å². The molecule has 0 radical (unpaired) electrons. The molecule has 96 valence electrons. The van der Waals surface area contributed by atoms with Crippen LogP contribution in [0.4, 0.5) is 5.69 Å². The minimum Gasteiger partial charge on any atom is -0.326 e. The Hall–Kier alpha value is -1.13. The van der Waals surface area contributed by atoms with Crippen molar-refractivity contribution in [2.45, 2.75) is 19.3 Å². The van der Waals surface area contributed by atoms with E-state index in [2.05, 4.69) is 15.6 Å². The Balaban J connectivity index is 1.63. The van der Waals surface area contributed by atoms with Crippen LogP contribution in [0.25, 0.3) is 0 Å². The van der Waals surface area contributed by atoms with Gasteiger partial charge in [0.15, 0.2) is 0 Å². The van der Waals surface area contributed by atoms with Gasteiger partial charge in [-0.05, 0) is 49.9 Å². The minimum absolute atomic E-state index is 0.124. The van der Waals surface area contributed by atoms with Gasteiger partial charge in [-0.3, -0.25) is 4.79 Å². The summed E-state index contributed by atoms with van der Waals surface area (Å²) in [6.07, 6.45) is 4.86. The molecule has 5 heteroatoms. The highest BCUT2D eigenvalue weighted by atomic mass is 35.5. The highest BCUT2D eigenvalue weighted by Crippen LogP contribution is 2.58. The summed E-state index contributed by atoms with van der Waals surface area (Å²) in [4.78, 5) is 16.1. The second-order valence-electron chi connectivity index (χ2n) is 5.23. The van der Waals surface area contributed by atoms with Crippen LogP contribution < -0.4 is 10.6 Å². The molecule has 1 aromatic rings. The van der Waals surface area contributed by atoms with Gasteiger partial charge < -0.3 is 10.6 Å². The maximum absolute atomic E-state index is 12.2.